The number of carbonyl (C=O) groups excluding carboxylic acids is 1. The first-order valence-corrected chi connectivity index (χ1v) is 4.42. The van der Waals surface area contributed by atoms with E-state index in [1.165, 1.54) is 24.3 Å². The van der Waals surface area contributed by atoms with Crippen molar-refractivity contribution in [2.75, 3.05) is 0 Å². The number of thioether (sulfide) groups is 1. The highest BCUT2D eigenvalue weighted by atomic mass is 32.2. The minimum atomic E-state index is -4.33. The third-order valence-electron chi connectivity index (χ3n) is 1.39. The molecule has 14 heavy (non-hydrogen) atoms. The Balaban J connectivity index is 2.89. The predicted octanol–water partition coefficient (Wildman–Crippen LogP) is 3.32. The monoisotopic (exact) mass is 219 g/mol. The zero-order valence-corrected chi connectivity index (χ0v) is 7.78. The molecule has 1 radical (unpaired) electrons. The number of hydrogen-bond donors (Lipinski definition) is 0. The van der Waals surface area contributed by atoms with E-state index in [4.69, 9.17) is 0 Å². The lowest BCUT2D eigenvalue weighted by Gasteiger charge is -2.05. The van der Waals surface area contributed by atoms with Crippen molar-refractivity contribution < 1.29 is 18.0 Å². The van der Waals surface area contributed by atoms with Gasteiger partial charge in [0, 0.05) is 17.4 Å². The molecule has 1 rings (SSSR count). The number of carbonyl (C=O) groups is 1. The van der Waals surface area contributed by atoms with Crippen LogP contribution in [0.3, 0.4) is 0 Å². The summed E-state index contributed by atoms with van der Waals surface area (Å²) in [4.78, 5) is 10.8. The second-order valence-corrected chi connectivity index (χ2v) is 3.64. The van der Waals surface area contributed by atoms with E-state index in [0.717, 1.165) is 0 Å². The molecule has 1 aromatic carbocycles. The quantitative estimate of drug-likeness (QED) is 0.560. The van der Waals surface area contributed by atoms with Gasteiger partial charge in [0.05, 0.1) is 0 Å². The summed E-state index contributed by atoms with van der Waals surface area (Å²) in [5, 5.41) is 0. The molecule has 0 N–H and O–H groups in total. The van der Waals surface area contributed by atoms with Gasteiger partial charge in [-0.2, -0.15) is 13.2 Å². The van der Waals surface area contributed by atoms with E-state index >= 15 is 0 Å². The third-order valence-corrected chi connectivity index (χ3v) is 2.11. The summed E-state index contributed by atoms with van der Waals surface area (Å²) in [6.07, 6.45) is 0. The highest BCUT2D eigenvalue weighted by Gasteiger charge is 2.29. The summed E-state index contributed by atoms with van der Waals surface area (Å²) in [5.41, 5.74) is -4.15. The standard InChI is InChI=1S/C9H6F3OS/c1-6(13)7-3-2-4-8(5-7)14-9(10,11)12/h2-5H,1H2. The van der Waals surface area contributed by atoms with Crippen molar-refractivity contribution >= 4 is 17.5 Å². The van der Waals surface area contributed by atoms with E-state index in [0.29, 0.717) is 0 Å². The van der Waals surface area contributed by atoms with Crippen LogP contribution in [0.5, 0.6) is 0 Å². The number of benzene rings is 1. The van der Waals surface area contributed by atoms with Gasteiger partial charge in [0.25, 0.3) is 0 Å². The van der Waals surface area contributed by atoms with Gasteiger partial charge in [-0.05, 0) is 23.9 Å². The molecule has 1 aromatic rings. The molecule has 0 spiro atoms. The van der Waals surface area contributed by atoms with Gasteiger partial charge in [0.2, 0.25) is 0 Å². The zero-order valence-electron chi connectivity index (χ0n) is 6.97. The Hall–Kier alpha value is -0.970. The Bertz CT molecular complexity index is 346. The topological polar surface area (TPSA) is 17.1 Å². The molecule has 0 amide bonds. The number of halogens is 3. The van der Waals surface area contributed by atoms with Gasteiger partial charge in [-0.15, -0.1) is 0 Å². The molecular formula is C9H6F3OS. The highest BCUT2D eigenvalue weighted by Crippen LogP contribution is 2.36. The molecular weight excluding hydrogens is 213 g/mol. The van der Waals surface area contributed by atoms with Crippen molar-refractivity contribution in [2.45, 2.75) is 10.4 Å². The van der Waals surface area contributed by atoms with Crippen LogP contribution in [0, 0.1) is 6.92 Å². The van der Waals surface area contributed by atoms with Crippen molar-refractivity contribution in [3.05, 3.63) is 36.8 Å². The van der Waals surface area contributed by atoms with E-state index in [2.05, 4.69) is 6.92 Å². The summed E-state index contributed by atoms with van der Waals surface area (Å²) in [6, 6.07) is 5.29. The van der Waals surface area contributed by atoms with Gasteiger partial charge in [-0.1, -0.05) is 12.1 Å². The minimum absolute atomic E-state index is 0.00741. The normalized spacial score (nSPS) is 11.4. The molecule has 0 aromatic heterocycles. The van der Waals surface area contributed by atoms with E-state index in [-0.39, 0.29) is 22.2 Å². The first-order valence-electron chi connectivity index (χ1n) is 3.60. The maximum absolute atomic E-state index is 11.9. The summed E-state index contributed by atoms with van der Waals surface area (Å²) in [7, 11) is 0. The van der Waals surface area contributed by atoms with Crippen molar-refractivity contribution in [2.24, 2.45) is 0 Å². The maximum atomic E-state index is 11.9. The van der Waals surface area contributed by atoms with Crippen LogP contribution in [0.1, 0.15) is 10.4 Å². The van der Waals surface area contributed by atoms with Crippen LogP contribution in [0.15, 0.2) is 29.2 Å². The number of hydrogen-bond acceptors (Lipinski definition) is 2. The molecule has 0 atom stereocenters. The molecule has 0 saturated heterocycles. The Labute approximate surface area is 83.3 Å². The molecule has 5 heteroatoms. The fourth-order valence-corrected chi connectivity index (χ4v) is 1.47. The molecule has 0 bridgehead atoms. The number of rotatable bonds is 2. The Kier molecular flexibility index (Phi) is 3.21. The summed E-state index contributed by atoms with van der Waals surface area (Å²) < 4.78 is 35.8. The summed E-state index contributed by atoms with van der Waals surface area (Å²) in [6.45, 7) is 3.12. The second-order valence-electron chi connectivity index (χ2n) is 2.50. The fraction of sp³-hybridized carbons (Fsp3) is 0.111. The van der Waals surface area contributed by atoms with Crippen molar-refractivity contribution in [3.63, 3.8) is 0 Å². The molecule has 0 saturated carbocycles. The van der Waals surface area contributed by atoms with E-state index < -0.39 is 11.3 Å². The molecule has 75 valence electrons. The van der Waals surface area contributed by atoms with Crippen LogP contribution in [0.25, 0.3) is 0 Å². The number of ketones is 1. The van der Waals surface area contributed by atoms with Gasteiger partial charge in [0.15, 0.2) is 5.78 Å². The molecule has 0 aliphatic heterocycles. The summed E-state index contributed by atoms with van der Waals surface area (Å²) >= 11 is -0.248. The van der Waals surface area contributed by atoms with E-state index in [1.54, 1.807) is 0 Å². The third kappa shape index (κ3) is 3.41. The Morgan fingerprint density at radius 1 is 1.36 bits per heavy atom. The van der Waals surface area contributed by atoms with Crippen LogP contribution in [-0.4, -0.2) is 11.3 Å². The number of Topliss-reactive ketones (excluding diaryl/α,β-unsaturated/α-hetero) is 1. The van der Waals surface area contributed by atoms with Crippen LogP contribution < -0.4 is 0 Å². The average molecular weight is 219 g/mol. The Morgan fingerprint density at radius 2 is 2.00 bits per heavy atom. The van der Waals surface area contributed by atoms with Crippen molar-refractivity contribution in [3.8, 4) is 0 Å². The van der Waals surface area contributed by atoms with Gasteiger partial charge in [-0.25, -0.2) is 0 Å². The van der Waals surface area contributed by atoms with Crippen LogP contribution in [0.2, 0.25) is 0 Å². The molecule has 0 aliphatic rings. The van der Waals surface area contributed by atoms with Crippen LogP contribution >= 0.6 is 11.8 Å². The van der Waals surface area contributed by atoms with E-state index in [1.807, 2.05) is 0 Å². The lowest BCUT2D eigenvalue weighted by molar-refractivity contribution is -0.0328. The molecule has 0 fully saturated rings. The minimum Gasteiger partial charge on any atom is -0.294 e. The molecule has 0 unspecified atom stereocenters. The average Bonchev–Trinajstić information content (AvgIpc) is 2.01. The maximum Gasteiger partial charge on any atom is 0.446 e. The second kappa shape index (κ2) is 4.04. The zero-order chi connectivity index (χ0) is 10.8. The fourth-order valence-electron chi connectivity index (χ4n) is 0.867. The van der Waals surface area contributed by atoms with Gasteiger partial charge in [0.1, 0.15) is 0 Å². The molecule has 0 heterocycles. The number of alkyl halides is 3. The predicted molar refractivity (Wildman–Crippen MR) is 48.0 cm³/mol. The van der Waals surface area contributed by atoms with Crippen molar-refractivity contribution in [1.82, 2.24) is 0 Å². The van der Waals surface area contributed by atoms with Crippen LogP contribution in [-0.2, 0) is 0 Å². The lowest BCUT2D eigenvalue weighted by atomic mass is 10.2. The van der Waals surface area contributed by atoms with Gasteiger partial charge < -0.3 is 0 Å². The molecule has 0 aliphatic carbocycles. The van der Waals surface area contributed by atoms with Gasteiger partial charge in [-0.3, -0.25) is 4.79 Å². The van der Waals surface area contributed by atoms with E-state index in [9.17, 15) is 18.0 Å². The Morgan fingerprint density at radius 3 is 2.50 bits per heavy atom. The van der Waals surface area contributed by atoms with Crippen LogP contribution in [0.4, 0.5) is 13.2 Å². The van der Waals surface area contributed by atoms with Crippen molar-refractivity contribution in [1.29, 1.82) is 0 Å². The van der Waals surface area contributed by atoms with Gasteiger partial charge >= 0.3 is 5.51 Å². The lowest BCUT2D eigenvalue weighted by Crippen LogP contribution is -2.00. The molecule has 1 nitrogen and oxygen atoms in total. The largest absolute Gasteiger partial charge is 0.446 e. The highest BCUT2D eigenvalue weighted by molar-refractivity contribution is 8.00. The SMILES string of the molecule is [CH2]C(=O)c1cccc(SC(F)(F)F)c1. The summed E-state index contributed by atoms with van der Waals surface area (Å²) in [5.74, 6) is -0.491. The smallest absolute Gasteiger partial charge is 0.294 e. The first kappa shape index (κ1) is 11.1. The first-order chi connectivity index (χ1) is 6.38.